The molecule has 0 aliphatic carbocycles. The summed E-state index contributed by atoms with van der Waals surface area (Å²) in [5.74, 6) is 1.24. The van der Waals surface area contributed by atoms with Crippen LogP contribution in [-0.2, 0) is 15.4 Å². The summed E-state index contributed by atoms with van der Waals surface area (Å²) in [5, 5.41) is 0. The quantitative estimate of drug-likeness (QED) is 0.675. The van der Waals surface area contributed by atoms with Crippen LogP contribution >= 0.6 is 11.6 Å². The molecule has 1 heterocycles. The fourth-order valence-electron chi connectivity index (χ4n) is 1.76. The molecule has 0 N–H and O–H groups in total. The van der Waals surface area contributed by atoms with Crippen molar-refractivity contribution in [1.29, 1.82) is 0 Å². The minimum Gasteiger partial charge on any atom is -0.383 e. The summed E-state index contributed by atoms with van der Waals surface area (Å²) in [4.78, 5) is 10.5. The number of anilines is 1. The van der Waals surface area contributed by atoms with Crippen LogP contribution in [-0.4, -0.2) is 50.0 Å². The van der Waals surface area contributed by atoms with Crippen molar-refractivity contribution in [3.05, 3.63) is 18.1 Å². The van der Waals surface area contributed by atoms with E-state index in [9.17, 15) is 0 Å². The molecule has 0 bridgehead atoms. The van der Waals surface area contributed by atoms with E-state index >= 15 is 0 Å². The van der Waals surface area contributed by atoms with E-state index in [0.29, 0.717) is 19.1 Å². The number of alkyl halides is 1. The fourth-order valence-corrected chi connectivity index (χ4v) is 1.95. The average molecular weight is 274 g/mol. The highest BCUT2D eigenvalue weighted by Gasteiger charge is 2.18. The van der Waals surface area contributed by atoms with Crippen LogP contribution in [0.4, 0.5) is 5.82 Å². The lowest BCUT2D eigenvalue weighted by atomic mass is 10.2. The summed E-state index contributed by atoms with van der Waals surface area (Å²) < 4.78 is 10.3. The van der Waals surface area contributed by atoms with E-state index in [2.05, 4.69) is 21.8 Å². The number of halogens is 1. The molecule has 1 atom stereocenters. The zero-order valence-corrected chi connectivity index (χ0v) is 11.9. The molecule has 1 rings (SSSR count). The van der Waals surface area contributed by atoms with Crippen molar-refractivity contribution in [1.82, 2.24) is 9.97 Å². The van der Waals surface area contributed by atoms with Crippen LogP contribution in [0, 0.1) is 0 Å². The van der Waals surface area contributed by atoms with Crippen LogP contribution in [0.5, 0.6) is 0 Å². The van der Waals surface area contributed by atoms with E-state index in [0.717, 1.165) is 17.9 Å². The van der Waals surface area contributed by atoms with Crippen molar-refractivity contribution < 1.29 is 9.47 Å². The predicted molar refractivity (Wildman–Crippen MR) is 72.1 cm³/mol. The van der Waals surface area contributed by atoms with E-state index < -0.39 is 0 Å². The van der Waals surface area contributed by atoms with Crippen molar-refractivity contribution in [2.45, 2.75) is 18.8 Å². The van der Waals surface area contributed by atoms with Gasteiger partial charge in [0, 0.05) is 32.5 Å². The first-order valence-electron chi connectivity index (χ1n) is 5.84. The molecule has 0 saturated carbocycles. The van der Waals surface area contributed by atoms with Crippen LogP contribution in [0.2, 0.25) is 0 Å². The summed E-state index contributed by atoms with van der Waals surface area (Å²) in [7, 11) is 3.37. The number of rotatable bonds is 8. The molecule has 0 aliphatic heterocycles. The molecular formula is C12H20ClN3O2. The second-order valence-electron chi connectivity index (χ2n) is 4.00. The number of methoxy groups -OCH3 is 2. The van der Waals surface area contributed by atoms with E-state index in [4.69, 9.17) is 21.1 Å². The average Bonchev–Trinajstić information content (AvgIpc) is 2.40. The molecule has 1 aromatic heterocycles. The number of aromatic nitrogens is 2. The molecule has 5 nitrogen and oxygen atoms in total. The second-order valence-corrected chi connectivity index (χ2v) is 4.26. The van der Waals surface area contributed by atoms with Gasteiger partial charge in [0.2, 0.25) is 0 Å². The lowest BCUT2D eigenvalue weighted by Crippen LogP contribution is -2.39. The van der Waals surface area contributed by atoms with Crippen molar-refractivity contribution in [3.8, 4) is 0 Å². The van der Waals surface area contributed by atoms with Gasteiger partial charge in [-0.1, -0.05) is 0 Å². The maximum Gasteiger partial charge on any atom is 0.136 e. The summed E-state index contributed by atoms with van der Waals surface area (Å²) >= 11 is 5.92. The molecule has 0 spiro atoms. The Morgan fingerprint density at radius 3 is 2.78 bits per heavy atom. The normalized spacial score (nSPS) is 12.4. The Kier molecular flexibility index (Phi) is 6.93. The zero-order valence-electron chi connectivity index (χ0n) is 11.1. The van der Waals surface area contributed by atoms with Gasteiger partial charge in [-0.15, -0.1) is 11.6 Å². The predicted octanol–water partition coefficient (Wildman–Crippen LogP) is 1.70. The molecule has 0 aliphatic rings. The van der Waals surface area contributed by atoms with E-state index in [1.165, 1.54) is 6.33 Å². The van der Waals surface area contributed by atoms with Crippen LogP contribution < -0.4 is 4.90 Å². The molecular weight excluding hydrogens is 254 g/mol. The van der Waals surface area contributed by atoms with Gasteiger partial charge in [0.1, 0.15) is 12.1 Å². The van der Waals surface area contributed by atoms with Crippen molar-refractivity contribution >= 4 is 17.4 Å². The highest BCUT2D eigenvalue weighted by atomic mass is 35.5. The number of hydrogen-bond acceptors (Lipinski definition) is 5. The van der Waals surface area contributed by atoms with Gasteiger partial charge in [-0.3, -0.25) is 0 Å². The van der Waals surface area contributed by atoms with Crippen LogP contribution in [0.25, 0.3) is 0 Å². The van der Waals surface area contributed by atoms with Crippen molar-refractivity contribution in [3.63, 3.8) is 0 Å². The van der Waals surface area contributed by atoms with Gasteiger partial charge in [-0.25, -0.2) is 9.97 Å². The summed E-state index contributed by atoms with van der Waals surface area (Å²) in [6.07, 6.45) is 3.28. The Morgan fingerprint density at radius 1 is 1.39 bits per heavy atom. The van der Waals surface area contributed by atoms with Gasteiger partial charge >= 0.3 is 0 Å². The van der Waals surface area contributed by atoms with Crippen LogP contribution in [0.3, 0.4) is 0 Å². The summed E-state index contributed by atoms with van der Waals surface area (Å²) in [5.41, 5.74) is 0.915. The molecule has 6 heteroatoms. The molecule has 18 heavy (non-hydrogen) atoms. The molecule has 1 unspecified atom stereocenters. The monoisotopic (exact) mass is 273 g/mol. The van der Waals surface area contributed by atoms with Crippen LogP contribution in [0.15, 0.2) is 12.5 Å². The second kappa shape index (κ2) is 8.24. The van der Waals surface area contributed by atoms with Gasteiger partial charge in [-0.05, 0) is 6.92 Å². The third kappa shape index (κ3) is 4.08. The number of ether oxygens (including phenoxy) is 2. The van der Waals surface area contributed by atoms with Crippen LogP contribution in [0.1, 0.15) is 12.5 Å². The Balaban J connectivity index is 2.92. The minimum absolute atomic E-state index is 0.196. The summed E-state index contributed by atoms with van der Waals surface area (Å²) in [6, 6.07) is 0.196. The van der Waals surface area contributed by atoms with Crippen molar-refractivity contribution in [2.24, 2.45) is 0 Å². The first-order chi connectivity index (χ1) is 8.74. The smallest absolute Gasteiger partial charge is 0.136 e. The first kappa shape index (κ1) is 15.1. The van der Waals surface area contributed by atoms with E-state index in [1.807, 2.05) is 0 Å². The third-order valence-electron chi connectivity index (χ3n) is 2.66. The fraction of sp³-hybridized carbons (Fsp3) is 0.667. The van der Waals surface area contributed by atoms with E-state index in [1.54, 1.807) is 20.4 Å². The van der Waals surface area contributed by atoms with Gasteiger partial charge in [0.25, 0.3) is 0 Å². The number of nitrogens with zero attached hydrogens (tertiary/aromatic N) is 3. The zero-order chi connectivity index (χ0) is 13.4. The lowest BCUT2D eigenvalue weighted by Gasteiger charge is -2.30. The van der Waals surface area contributed by atoms with Crippen molar-refractivity contribution in [2.75, 3.05) is 38.9 Å². The highest BCUT2D eigenvalue weighted by molar-refractivity contribution is 6.17. The van der Waals surface area contributed by atoms with Gasteiger partial charge in [0.05, 0.1) is 25.1 Å². The van der Waals surface area contributed by atoms with Gasteiger partial charge < -0.3 is 14.4 Å². The Hall–Kier alpha value is -0.910. The third-order valence-corrected chi connectivity index (χ3v) is 2.94. The maximum atomic E-state index is 5.92. The topological polar surface area (TPSA) is 47.5 Å². The Bertz CT molecular complexity index is 352. The van der Waals surface area contributed by atoms with Gasteiger partial charge in [-0.2, -0.15) is 0 Å². The van der Waals surface area contributed by atoms with E-state index in [-0.39, 0.29) is 6.04 Å². The van der Waals surface area contributed by atoms with Gasteiger partial charge in [0.15, 0.2) is 0 Å². The molecule has 102 valence electrons. The molecule has 1 aromatic rings. The highest BCUT2D eigenvalue weighted by Crippen LogP contribution is 2.20. The molecule has 0 aromatic carbocycles. The molecule has 0 radical (unpaired) electrons. The molecule has 0 fully saturated rings. The number of hydrogen-bond donors (Lipinski definition) is 0. The Labute approximate surface area is 113 Å². The SMILES string of the molecule is COCCN(c1ncncc1CCl)C(C)COC. The Morgan fingerprint density at radius 2 is 2.17 bits per heavy atom. The largest absolute Gasteiger partial charge is 0.383 e. The standard InChI is InChI=1S/C12H20ClN3O2/c1-10(8-18-3)16(4-5-17-2)12-11(6-13)7-14-9-15-12/h7,9-10H,4-6,8H2,1-3H3. The lowest BCUT2D eigenvalue weighted by molar-refractivity contribution is 0.170. The summed E-state index contributed by atoms with van der Waals surface area (Å²) in [6.45, 7) is 4.07. The minimum atomic E-state index is 0.196. The molecule has 0 saturated heterocycles. The first-order valence-corrected chi connectivity index (χ1v) is 6.37. The maximum absolute atomic E-state index is 5.92. The molecule has 0 amide bonds.